The number of rotatable bonds is 10. The molecule has 0 aromatic heterocycles. The lowest BCUT2D eigenvalue weighted by molar-refractivity contribution is 0.0737. The number of hydrogen-bond donors (Lipinski definition) is 1. The zero-order chi connectivity index (χ0) is 26.5. The summed E-state index contributed by atoms with van der Waals surface area (Å²) in [5.41, 5.74) is 2.45. The minimum atomic E-state index is -3.92. The van der Waals surface area contributed by atoms with Crippen LogP contribution in [0.25, 0.3) is 0 Å². The molecule has 0 heterocycles. The molecule has 3 aromatic rings. The fraction of sp³-hybridized carbons (Fsp3) is 0.269. The van der Waals surface area contributed by atoms with Crippen LogP contribution in [-0.2, 0) is 16.6 Å². The van der Waals surface area contributed by atoms with Gasteiger partial charge in [-0.3, -0.25) is 9.52 Å². The number of nitrogens with one attached hydrogen (secondary N) is 1. The van der Waals surface area contributed by atoms with E-state index in [-0.39, 0.29) is 16.4 Å². The molecule has 0 saturated carbocycles. The van der Waals surface area contributed by atoms with Crippen molar-refractivity contribution < 1.29 is 13.2 Å². The van der Waals surface area contributed by atoms with Crippen molar-refractivity contribution in [2.75, 3.05) is 31.9 Å². The van der Waals surface area contributed by atoms with E-state index in [4.69, 9.17) is 23.2 Å². The average Bonchev–Trinajstić information content (AvgIpc) is 2.82. The monoisotopic (exact) mass is 611 g/mol. The van der Waals surface area contributed by atoms with Crippen LogP contribution in [0.5, 0.6) is 0 Å². The lowest BCUT2D eigenvalue weighted by Crippen LogP contribution is -2.33. The van der Waals surface area contributed by atoms with Gasteiger partial charge in [0.2, 0.25) is 0 Å². The minimum Gasteiger partial charge on any atom is -0.334 e. The van der Waals surface area contributed by atoms with Gasteiger partial charge in [0.1, 0.15) is 0 Å². The Labute approximate surface area is 231 Å². The van der Waals surface area contributed by atoms with Gasteiger partial charge in [0.05, 0.1) is 20.6 Å². The first-order valence-corrected chi connectivity index (χ1v) is 14.3. The third-order valence-electron chi connectivity index (χ3n) is 5.44. The molecule has 0 aliphatic carbocycles. The normalized spacial score (nSPS) is 11.5. The van der Waals surface area contributed by atoms with Gasteiger partial charge in [-0.25, -0.2) is 8.42 Å². The molecule has 0 aliphatic heterocycles. The molecule has 0 atom stereocenters. The van der Waals surface area contributed by atoms with E-state index in [1.54, 1.807) is 41.3 Å². The van der Waals surface area contributed by atoms with E-state index in [1.165, 1.54) is 12.1 Å². The fourth-order valence-corrected chi connectivity index (χ4v) is 5.50. The standard InChI is InChI=1S/C26H28BrCl2N3O3S/c1-18-8-10-22(27)25(14-18)30-36(34,35)21-7-4-6-20(16-21)26(33)32(13-5-12-31(2)3)17-19-9-11-23(28)24(29)15-19/h4,6-11,14-16,30H,5,12-13,17H2,1-3H3. The van der Waals surface area contributed by atoms with Gasteiger partial charge >= 0.3 is 0 Å². The summed E-state index contributed by atoms with van der Waals surface area (Å²) >= 11 is 15.6. The SMILES string of the molecule is Cc1ccc(Br)c(NS(=O)(=O)c2cccc(C(=O)N(CCCN(C)C)Cc3ccc(Cl)c(Cl)c3)c2)c1. The summed E-state index contributed by atoms with van der Waals surface area (Å²) in [6.45, 7) is 3.48. The van der Waals surface area contributed by atoms with Gasteiger partial charge in [-0.1, -0.05) is 41.4 Å². The van der Waals surface area contributed by atoms with Gasteiger partial charge in [0, 0.05) is 23.1 Å². The smallest absolute Gasteiger partial charge is 0.261 e. The van der Waals surface area contributed by atoms with Crippen molar-refractivity contribution in [3.63, 3.8) is 0 Å². The predicted octanol–water partition coefficient (Wildman–Crippen LogP) is 6.46. The molecule has 0 radical (unpaired) electrons. The fourth-order valence-electron chi connectivity index (χ4n) is 3.59. The summed E-state index contributed by atoms with van der Waals surface area (Å²) in [6, 6.07) is 16.7. The highest BCUT2D eigenvalue weighted by Gasteiger charge is 2.21. The molecule has 6 nitrogen and oxygen atoms in total. The number of amides is 1. The maximum atomic E-state index is 13.5. The number of nitrogens with zero attached hydrogens (tertiary/aromatic N) is 2. The Morgan fingerprint density at radius 2 is 1.72 bits per heavy atom. The predicted molar refractivity (Wildman–Crippen MR) is 151 cm³/mol. The molecule has 0 aliphatic rings. The van der Waals surface area contributed by atoms with Crippen molar-refractivity contribution in [1.82, 2.24) is 9.80 Å². The maximum Gasteiger partial charge on any atom is 0.261 e. The zero-order valence-corrected chi connectivity index (χ0v) is 24.2. The van der Waals surface area contributed by atoms with Crippen molar-refractivity contribution in [3.05, 3.63) is 91.9 Å². The van der Waals surface area contributed by atoms with Crippen molar-refractivity contribution in [1.29, 1.82) is 0 Å². The van der Waals surface area contributed by atoms with Crippen LogP contribution in [0.3, 0.4) is 0 Å². The Balaban J connectivity index is 1.87. The highest BCUT2D eigenvalue weighted by Crippen LogP contribution is 2.27. The second-order valence-electron chi connectivity index (χ2n) is 8.75. The second-order valence-corrected chi connectivity index (χ2v) is 12.1. The van der Waals surface area contributed by atoms with E-state index in [9.17, 15) is 13.2 Å². The van der Waals surface area contributed by atoms with Crippen LogP contribution in [0.2, 0.25) is 10.0 Å². The number of anilines is 1. The Hall–Kier alpha value is -2.10. The first kappa shape index (κ1) is 28.5. The van der Waals surface area contributed by atoms with E-state index in [1.807, 2.05) is 38.1 Å². The molecular formula is C26H28BrCl2N3O3S. The molecule has 10 heteroatoms. The molecule has 3 aromatic carbocycles. The average molecular weight is 613 g/mol. The van der Waals surface area contributed by atoms with Crippen LogP contribution in [0.4, 0.5) is 5.69 Å². The molecule has 1 amide bonds. The molecule has 3 rings (SSSR count). The van der Waals surface area contributed by atoms with E-state index in [2.05, 4.69) is 20.7 Å². The van der Waals surface area contributed by atoms with Crippen LogP contribution in [0, 0.1) is 6.92 Å². The zero-order valence-electron chi connectivity index (χ0n) is 20.3. The molecule has 192 valence electrons. The number of carbonyl (C=O) groups excluding carboxylic acids is 1. The van der Waals surface area contributed by atoms with Crippen LogP contribution in [-0.4, -0.2) is 51.3 Å². The van der Waals surface area contributed by atoms with Gasteiger partial charge in [-0.15, -0.1) is 0 Å². The van der Waals surface area contributed by atoms with Crippen molar-refractivity contribution in [2.24, 2.45) is 0 Å². The van der Waals surface area contributed by atoms with E-state index >= 15 is 0 Å². The first-order chi connectivity index (χ1) is 17.0. The quantitative estimate of drug-likeness (QED) is 0.285. The minimum absolute atomic E-state index is 0.00420. The van der Waals surface area contributed by atoms with E-state index in [0.717, 1.165) is 24.1 Å². The summed E-state index contributed by atoms with van der Waals surface area (Å²) < 4.78 is 29.5. The molecule has 36 heavy (non-hydrogen) atoms. The number of hydrogen-bond acceptors (Lipinski definition) is 4. The Morgan fingerprint density at radius 3 is 2.42 bits per heavy atom. The van der Waals surface area contributed by atoms with Crippen molar-refractivity contribution in [2.45, 2.75) is 24.8 Å². The number of sulfonamides is 1. The highest BCUT2D eigenvalue weighted by molar-refractivity contribution is 9.10. The summed E-state index contributed by atoms with van der Waals surface area (Å²) in [6.07, 6.45) is 0.751. The first-order valence-electron chi connectivity index (χ1n) is 11.2. The summed E-state index contributed by atoms with van der Waals surface area (Å²) in [4.78, 5) is 17.3. The van der Waals surface area contributed by atoms with Gasteiger partial charge in [-0.2, -0.15) is 0 Å². The van der Waals surface area contributed by atoms with E-state index in [0.29, 0.717) is 33.3 Å². The topological polar surface area (TPSA) is 69.7 Å². The number of carbonyl (C=O) groups is 1. The molecule has 0 unspecified atom stereocenters. The largest absolute Gasteiger partial charge is 0.334 e. The van der Waals surface area contributed by atoms with Crippen LogP contribution in [0.15, 0.2) is 70.0 Å². The van der Waals surface area contributed by atoms with Gasteiger partial charge < -0.3 is 9.80 Å². The van der Waals surface area contributed by atoms with Gasteiger partial charge in [-0.05, 0) is 104 Å². The number of aryl methyl sites for hydroxylation is 1. The molecule has 0 spiro atoms. The Bertz CT molecular complexity index is 1350. The van der Waals surface area contributed by atoms with E-state index < -0.39 is 10.0 Å². The lowest BCUT2D eigenvalue weighted by atomic mass is 10.1. The summed E-state index contributed by atoms with van der Waals surface area (Å²) in [5, 5.41) is 0.855. The highest BCUT2D eigenvalue weighted by atomic mass is 79.9. The third-order valence-corrected chi connectivity index (χ3v) is 8.23. The van der Waals surface area contributed by atoms with Crippen LogP contribution >= 0.6 is 39.1 Å². The molecule has 1 N–H and O–H groups in total. The molecule has 0 fully saturated rings. The molecular weight excluding hydrogens is 585 g/mol. The van der Waals surface area contributed by atoms with Crippen LogP contribution in [0.1, 0.15) is 27.9 Å². The Kier molecular flexibility index (Phi) is 9.83. The summed E-state index contributed by atoms with van der Waals surface area (Å²) in [5.74, 6) is -0.270. The maximum absolute atomic E-state index is 13.5. The van der Waals surface area contributed by atoms with Crippen molar-refractivity contribution >= 4 is 60.7 Å². The van der Waals surface area contributed by atoms with Crippen molar-refractivity contribution in [3.8, 4) is 0 Å². The number of halogens is 3. The lowest BCUT2D eigenvalue weighted by Gasteiger charge is -2.24. The molecule has 0 saturated heterocycles. The Morgan fingerprint density at radius 1 is 0.972 bits per heavy atom. The van der Waals surface area contributed by atoms with Crippen LogP contribution < -0.4 is 4.72 Å². The van der Waals surface area contributed by atoms with Gasteiger partial charge in [0.25, 0.3) is 15.9 Å². The molecule has 0 bridgehead atoms. The second kappa shape index (κ2) is 12.4. The third kappa shape index (κ3) is 7.70. The number of benzene rings is 3. The van der Waals surface area contributed by atoms with Gasteiger partial charge in [0.15, 0.2) is 0 Å². The summed E-state index contributed by atoms with van der Waals surface area (Å²) in [7, 11) is 0.0213.